The minimum Gasteiger partial charge on any atom is -0.389 e. The second kappa shape index (κ2) is 21.5. The molecule has 8 aromatic rings. The fraction of sp³-hybridized carbons (Fsp3) is 0.406. The van der Waals surface area contributed by atoms with E-state index in [1.807, 2.05) is 73.3 Å². The SMILES string of the molecule is Cc1cc(-c2cnc3[nH]cc(-c4ccc(C(=O)N(C)CC(C)(C)O)cc4)c3n2)cc2c1N1CCN(C)C[C@@H]1CC2.Cc1cc(-c2cnc3[nH]cc(-c4ccc(C(=O)N(C)CC(C)(C)O)cc4)c3n2)cc2c1N1CCN(C)C[C@H]1CC2. The average molecular weight is 1080 g/mol. The quantitative estimate of drug-likeness (QED) is 0.102. The molecule has 0 spiro atoms. The molecule has 8 heterocycles. The van der Waals surface area contributed by atoms with Gasteiger partial charge in [0.15, 0.2) is 11.3 Å². The summed E-state index contributed by atoms with van der Waals surface area (Å²) in [5, 5.41) is 20.1. The lowest BCUT2D eigenvalue weighted by Gasteiger charge is -2.46. The predicted molar refractivity (Wildman–Crippen MR) is 319 cm³/mol. The molecular formula is C64H76N12O4. The van der Waals surface area contributed by atoms with Gasteiger partial charge < -0.3 is 49.6 Å². The molecule has 2 saturated heterocycles. The van der Waals surface area contributed by atoms with Crippen molar-refractivity contribution in [1.29, 1.82) is 0 Å². The van der Waals surface area contributed by atoms with Crippen LogP contribution in [0.1, 0.15) is 83.5 Å². The lowest BCUT2D eigenvalue weighted by Crippen LogP contribution is -2.54. The van der Waals surface area contributed by atoms with Crippen molar-refractivity contribution >= 4 is 45.5 Å². The number of rotatable bonds is 10. The second-order valence-electron chi connectivity index (χ2n) is 24.3. The largest absolute Gasteiger partial charge is 0.389 e. The molecule has 16 nitrogen and oxygen atoms in total. The number of likely N-dealkylation sites (N-methyl/N-ethyl adjacent to an activating group) is 4. The molecule has 0 bridgehead atoms. The van der Waals surface area contributed by atoms with E-state index in [0.717, 1.165) is 119 Å². The molecule has 80 heavy (non-hydrogen) atoms. The third-order valence-electron chi connectivity index (χ3n) is 16.4. The highest BCUT2D eigenvalue weighted by Crippen LogP contribution is 2.41. The first-order chi connectivity index (χ1) is 38.1. The van der Waals surface area contributed by atoms with Crippen LogP contribution in [-0.2, 0) is 12.8 Å². The normalized spacial score (nSPS) is 17.6. The number of nitrogens with one attached hydrogen (secondary N) is 2. The smallest absolute Gasteiger partial charge is 0.253 e. The Bertz CT molecular complexity index is 3380. The molecule has 4 aliphatic heterocycles. The summed E-state index contributed by atoms with van der Waals surface area (Å²) in [6.45, 7) is 18.3. The molecule has 0 unspecified atom stereocenters. The van der Waals surface area contributed by atoms with E-state index in [1.54, 1.807) is 51.6 Å². The maximum absolute atomic E-state index is 12.8. The topological polar surface area (TPSA) is 177 Å². The number of fused-ring (bicyclic) bond motifs is 8. The molecular weight excluding hydrogens is 1000 g/mol. The highest BCUT2D eigenvalue weighted by Gasteiger charge is 2.34. The van der Waals surface area contributed by atoms with E-state index in [4.69, 9.17) is 19.9 Å². The first-order valence-electron chi connectivity index (χ1n) is 28.2. The minimum absolute atomic E-state index is 0.125. The summed E-state index contributed by atoms with van der Waals surface area (Å²) in [5.41, 5.74) is 18.3. The zero-order valence-electron chi connectivity index (χ0n) is 48.1. The average Bonchev–Trinajstić information content (AvgIpc) is 4.06. The number of carbonyl (C=O) groups excluding carboxylic acids is 2. The van der Waals surface area contributed by atoms with Crippen molar-refractivity contribution in [1.82, 2.24) is 49.5 Å². The lowest BCUT2D eigenvalue weighted by atomic mass is 9.89. The zero-order valence-corrected chi connectivity index (χ0v) is 48.1. The summed E-state index contributed by atoms with van der Waals surface area (Å²) in [6.07, 6.45) is 12.1. The Morgan fingerprint density at radius 3 is 1.35 bits per heavy atom. The van der Waals surface area contributed by atoms with Crippen LogP contribution < -0.4 is 9.80 Å². The Labute approximate surface area is 469 Å². The number of carbonyl (C=O) groups is 2. The molecule has 12 rings (SSSR count). The van der Waals surface area contributed by atoms with E-state index < -0.39 is 11.2 Å². The zero-order chi connectivity index (χ0) is 56.4. The molecule has 2 amide bonds. The molecule has 4 aliphatic rings. The van der Waals surface area contributed by atoms with Crippen LogP contribution in [0.4, 0.5) is 11.4 Å². The van der Waals surface area contributed by atoms with Crippen LogP contribution in [0, 0.1) is 13.8 Å². The first kappa shape index (κ1) is 54.5. The summed E-state index contributed by atoms with van der Waals surface area (Å²) in [4.78, 5) is 64.9. The molecule has 4 aromatic heterocycles. The van der Waals surface area contributed by atoms with Gasteiger partial charge in [-0.25, -0.2) is 19.9 Å². The van der Waals surface area contributed by atoms with Gasteiger partial charge in [0.2, 0.25) is 0 Å². The van der Waals surface area contributed by atoms with Gasteiger partial charge in [0.05, 0.1) is 35.0 Å². The monoisotopic (exact) mass is 1080 g/mol. The van der Waals surface area contributed by atoms with Crippen molar-refractivity contribution < 1.29 is 19.8 Å². The molecule has 0 saturated carbocycles. The molecule has 4 aromatic carbocycles. The molecule has 2 atom stereocenters. The van der Waals surface area contributed by atoms with Gasteiger partial charge in [-0.05, 0) is 163 Å². The number of aromatic nitrogens is 6. The summed E-state index contributed by atoms with van der Waals surface area (Å²) < 4.78 is 0. The first-order valence-corrected chi connectivity index (χ1v) is 28.2. The Morgan fingerprint density at radius 2 is 0.975 bits per heavy atom. The third kappa shape index (κ3) is 11.2. The van der Waals surface area contributed by atoms with Crippen LogP contribution in [0.25, 0.3) is 67.1 Å². The third-order valence-corrected chi connectivity index (χ3v) is 16.4. The molecule has 416 valence electrons. The fourth-order valence-electron chi connectivity index (χ4n) is 12.8. The molecule has 0 radical (unpaired) electrons. The van der Waals surface area contributed by atoms with Gasteiger partial charge >= 0.3 is 0 Å². The number of H-pyrrole nitrogens is 2. The van der Waals surface area contributed by atoms with E-state index in [2.05, 4.69) is 81.8 Å². The predicted octanol–water partition coefficient (Wildman–Crippen LogP) is 9.02. The van der Waals surface area contributed by atoms with Gasteiger partial charge in [-0.1, -0.05) is 24.3 Å². The van der Waals surface area contributed by atoms with E-state index >= 15 is 0 Å². The van der Waals surface area contributed by atoms with Gasteiger partial charge in [0.1, 0.15) is 11.0 Å². The molecule has 16 heteroatoms. The van der Waals surface area contributed by atoms with Crippen LogP contribution in [0.3, 0.4) is 0 Å². The van der Waals surface area contributed by atoms with Gasteiger partial charge in [0.25, 0.3) is 11.8 Å². The van der Waals surface area contributed by atoms with E-state index in [-0.39, 0.29) is 24.9 Å². The Morgan fingerprint density at radius 1 is 0.588 bits per heavy atom. The number of piperazine rings is 2. The Hall–Kier alpha value is -7.50. The Balaban J connectivity index is 0.000000169. The second-order valence-corrected chi connectivity index (χ2v) is 24.3. The summed E-state index contributed by atoms with van der Waals surface area (Å²) in [6, 6.07) is 25.4. The van der Waals surface area contributed by atoms with Crippen molar-refractivity contribution in [2.75, 3.05) is 90.3 Å². The van der Waals surface area contributed by atoms with Crippen molar-refractivity contribution in [3.63, 3.8) is 0 Å². The van der Waals surface area contributed by atoms with Crippen LogP contribution in [0.2, 0.25) is 0 Å². The lowest BCUT2D eigenvalue weighted by molar-refractivity contribution is 0.0368. The van der Waals surface area contributed by atoms with Crippen LogP contribution in [0.5, 0.6) is 0 Å². The summed E-state index contributed by atoms with van der Waals surface area (Å²) >= 11 is 0. The number of anilines is 2. The maximum Gasteiger partial charge on any atom is 0.253 e. The van der Waals surface area contributed by atoms with E-state index in [9.17, 15) is 19.8 Å². The number of nitrogens with zero attached hydrogens (tertiary/aromatic N) is 10. The van der Waals surface area contributed by atoms with Crippen molar-refractivity contribution in [3.05, 3.63) is 131 Å². The molecule has 2 fully saturated rings. The number of aryl methyl sites for hydroxylation is 4. The minimum atomic E-state index is -0.950. The van der Waals surface area contributed by atoms with Gasteiger partial charge in [-0.3, -0.25) is 9.59 Å². The van der Waals surface area contributed by atoms with Crippen LogP contribution >= 0.6 is 0 Å². The number of aliphatic hydroxyl groups is 2. The number of hydrogen-bond acceptors (Lipinski definition) is 12. The maximum atomic E-state index is 12.8. The summed E-state index contributed by atoms with van der Waals surface area (Å²) in [7, 11) is 7.85. The van der Waals surface area contributed by atoms with Crippen molar-refractivity contribution in [3.8, 4) is 44.8 Å². The highest BCUT2D eigenvalue weighted by molar-refractivity contribution is 5.97. The number of aromatic amines is 2. The number of benzene rings is 4. The standard InChI is InChI=1S/2C32H38N6O2/c2*1-20-14-24(15-23-10-11-25-18-36(4)12-13-38(25)29(20)23)27-17-34-30-28(35-27)26(16-33-30)21-6-8-22(9-7-21)31(39)37(5)19-32(2,3)40/h2*6-9,14-17,25,40H,10-13,18-19H2,1-5H3,(H,33,34)/t2*25-/m10/s1. The molecule has 4 N–H and O–H groups in total. The van der Waals surface area contributed by atoms with E-state index in [1.165, 1.54) is 46.5 Å². The van der Waals surface area contributed by atoms with Crippen molar-refractivity contribution in [2.45, 2.75) is 90.5 Å². The van der Waals surface area contributed by atoms with Crippen LogP contribution in [0.15, 0.2) is 97.6 Å². The van der Waals surface area contributed by atoms with Gasteiger partial charge in [-0.15, -0.1) is 0 Å². The van der Waals surface area contributed by atoms with E-state index in [0.29, 0.717) is 23.2 Å². The highest BCUT2D eigenvalue weighted by atomic mass is 16.3. The van der Waals surface area contributed by atoms with Crippen LogP contribution in [-0.4, -0.2) is 175 Å². The number of hydrogen-bond donors (Lipinski definition) is 4. The Kier molecular flexibility index (Phi) is 14.6. The van der Waals surface area contributed by atoms with Gasteiger partial charge in [-0.2, -0.15) is 0 Å². The number of amides is 2. The fourth-order valence-corrected chi connectivity index (χ4v) is 12.8. The summed E-state index contributed by atoms with van der Waals surface area (Å²) in [5.74, 6) is -0.249. The van der Waals surface area contributed by atoms with Crippen molar-refractivity contribution in [2.24, 2.45) is 0 Å². The van der Waals surface area contributed by atoms with Gasteiger partial charge in [0, 0.05) is 136 Å². The molecule has 0 aliphatic carbocycles.